The number of aryl methyl sites for hydroxylation is 1. The third-order valence-electron chi connectivity index (χ3n) is 5.25. The largest absolute Gasteiger partial charge is 0.418 e. The van der Waals surface area contributed by atoms with Crippen LogP contribution in [0.1, 0.15) is 27.3 Å². The summed E-state index contributed by atoms with van der Waals surface area (Å²) in [4.78, 5) is 26.9. The van der Waals surface area contributed by atoms with Crippen LogP contribution in [0, 0.1) is 0 Å². The van der Waals surface area contributed by atoms with E-state index in [1.807, 2.05) is 6.07 Å². The minimum absolute atomic E-state index is 0.0563. The highest BCUT2D eigenvalue weighted by Gasteiger charge is 2.35. The number of benzene rings is 2. The number of nitrogens with zero attached hydrogens (tertiary/aromatic N) is 3. The summed E-state index contributed by atoms with van der Waals surface area (Å²) in [6.07, 6.45) is -4.17. The first-order chi connectivity index (χ1) is 15.2. The molecule has 0 radical (unpaired) electrons. The first-order valence-corrected chi connectivity index (χ1v) is 9.87. The van der Waals surface area contributed by atoms with Gasteiger partial charge in [-0.25, -0.2) is 4.79 Å². The molecular weight excluding hydrogens is 423 g/mol. The third-order valence-corrected chi connectivity index (χ3v) is 5.25. The molecule has 0 saturated heterocycles. The summed E-state index contributed by atoms with van der Waals surface area (Å²) in [5.41, 5.74) is 0.930. The fraction of sp³-hybridized carbons (Fsp3) is 0.227. The fourth-order valence-corrected chi connectivity index (χ4v) is 3.69. The van der Waals surface area contributed by atoms with Gasteiger partial charge in [0.25, 0.3) is 5.91 Å². The van der Waals surface area contributed by atoms with Crippen LogP contribution >= 0.6 is 0 Å². The number of amides is 3. The van der Waals surface area contributed by atoms with Crippen molar-refractivity contribution in [2.24, 2.45) is 7.05 Å². The van der Waals surface area contributed by atoms with Gasteiger partial charge >= 0.3 is 12.2 Å². The average Bonchev–Trinajstić information content (AvgIpc) is 3.10. The van der Waals surface area contributed by atoms with Crippen molar-refractivity contribution in [2.45, 2.75) is 19.1 Å². The maximum Gasteiger partial charge on any atom is 0.418 e. The van der Waals surface area contributed by atoms with Crippen molar-refractivity contribution in [1.82, 2.24) is 14.7 Å². The minimum Gasteiger partial charge on any atom is -0.321 e. The first kappa shape index (κ1) is 21.4. The summed E-state index contributed by atoms with van der Waals surface area (Å²) in [6, 6.07) is 13.0. The lowest BCUT2D eigenvalue weighted by Crippen LogP contribution is -2.39. The summed E-state index contributed by atoms with van der Waals surface area (Å²) in [5, 5.41) is 9.43. The molecule has 2 N–H and O–H groups in total. The van der Waals surface area contributed by atoms with E-state index in [1.165, 1.54) is 23.1 Å². The van der Waals surface area contributed by atoms with Crippen LogP contribution in [0.5, 0.6) is 0 Å². The number of rotatable bonds is 3. The van der Waals surface area contributed by atoms with Crippen molar-refractivity contribution >= 4 is 23.3 Å². The molecule has 0 saturated carbocycles. The van der Waals surface area contributed by atoms with Crippen LogP contribution < -0.4 is 10.6 Å². The van der Waals surface area contributed by atoms with E-state index in [4.69, 9.17) is 0 Å². The highest BCUT2D eigenvalue weighted by molar-refractivity contribution is 6.04. The molecule has 0 aliphatic carbocycles. The van der Waals surface area contributed by atoms with Gasteiger partial charge < -0.3 is 15.5 Å². The number of hydrogen-bond donors (Lipinski definition) is 2. The van der Waals surface area contributed by atoms with Crippen LogP contribution in [0.25, 0.3) is 0 Å². The van der Waals surface area contributed by atoms with Crippen LogP contribution in [0.3, 0.4) is 0 Å². The number of carbonyl (C=O) groups excluding carboxylic acids is 2. The van der Waals surface area contributed by atoms with Gasteiger partial charge in [-0.15, -0.1) is 0 Å². The molecule has 1 aromatic heterocycles. The van der Waals surface area contributed by atoms with Crippen molar-refractivity contribution < 1.29 is 22.8 Å². The Balaban J connectivity index is 1.54. The Morgan fingerprint density at radius 3 is 2.41 bits per heavy atom. The second kappa shape index (κ2) is 8.37. The van der Waals surface area contributed by atoms with E-state index < -0.39 is 23.7 Å². The van der Waals surface area contributed by atoms with Gasteiger partial charge in [-0.3, -0.25) is 9.48 Å². The summed E-state index contributed by atoms with van der Waals surface area (Å²) in [6.45, 7) is 0.340. The summed E-state index contributed by atoms with van der Waals surface area (Å²) in [7, 11) is 1.72. The van der Waals surface area contributed by atoms with Crippen LogP contribution in [-0.2, 0) is 26.2 Å². The predicted molar refractivity (Wildman–Crippen MR) is 112 cm³/mol. The fourth-order valence-electron chi connectivity index (χ4n) is 3.69. The number of fused-ring (bicyclic) bond motifs is 1. The van der Waals surface area contributed by atoms with E-state index in [1.54, 1.807) is 36.0 Å². The topological polar surface area (TPSA) is 79.3 Å². The summed E-state index contributed by atoms with van der Waals surface area (Å²) >= 11 is 0. The molecule has 3 amide bonds. The van der Waals surface area contributed by atoms with Crippen molar-refractivity contribution in [3.05, 3.63) is 77.1 Å². The molecular formula is C22H20F3N5O2. The maximum atomic E-state index is 13.2. The lowest BCUT2D eigenvalue weighted by Gasteiger charge is -2.28. The smallest absolute Gasteiger partial charge is 0.321 e. The number of carbonyl (C=O) groups is 2. The SMILES string of the molecule is Cn1nc(C(=O)Nc2ccccc2)c2c1CCN(C(=O)Nc1ccccc1C(F)(F)F)C2. The predicted octanol–water partition coefficient (Wildman–Crippen LogP) is 4.28. The van der Waals surface area contributed by atoms with E-state index in [9.17, 15) is 22.8 Å². The van der Waals surface area contributed by atoms with E-state index in [-0.39, 0.29) is 24.5 Å². The molecule has 3 aromatic rings. The van der Waals surface area contributed by atoms with Gasteiger partial charge in [-0.05, 0) is 24.3 Å². The number of para-hydroxylation sites is 2. The van der Waals surface area contributed by atoms with Gasteiger partial charge in [0.05, 0.1) is 17.8 Å². The van der Waals surface area contributed by atoms with Gasteiger partial charge in [-0.2, -0.15) is 18.3 Å². The first-order valence-electron chi connectivity index (χ1n) is 9.87. The molecule has 2 heterocycles. The monoisotopic (exact) mass is 443 g/mol. The molecule has 32 heavy (non-hydrogen) atoms. The van der Waals surface area contributed by atoms with Crippen molar-refractivity contribution in [2.75, 3.05) is 17.2 Å². The number of anilines is 2. The number of alkyl halides is 3. The Hall–Kier alpha value is -3.82. The maximum absolute atomic E-state index is 13.2. The lowest BCUT2D eigenvalue weighted by molar-refractivity contribution is -0.136. The van der Waals surface area contributed by atoms with Gasteiger partial charge in [0.15, 0.2) is 5.69 Å². The van der Waals surface area contributed by atoms with Gasteiger partial charge in [0.2, 0.25) is 0 Å². The van der Waals surface area contributed by atoms with E-state index in [2.05, 4.69) is 15.7 Å². The molecule has 10 heteroatoms. The molecule has 166 valence electrons. The Kier molecular flexibility index (Phi) is 5.60. The highest BCUT2D eigenvalue weighted by Crippen LogP contribution is 2.35. The molecule has 2 aromatic carbocycles. The Bertz CT molecular complexity index is 1160. The molecule has 7 nitrogen and oxygen atoms in total. The Labute approximate surface area is 181 Å². The molecule has 1 aliphatic rings. The average molecular weight is 443 g/mol. The van der Waals surface area contributed by atoms with Crippen LogP contribution in [0.4, 0.5) is 29.3 Å². The van der Waals surface area contributed by atoms with Gasteiger partial charge in [0, 0.05) is 37.0 Å². The highest BCUT2D eigenvalue weighted by atomic mass is 19.4. The quantitative estimate of drug-likeness (QED) is 0.634. The zero-order valence-electron chi connectivity index (χ0n) is 17.1. The van der Waals surface area contributed by atoms with Crippen molar-refractivity contribution in [3.63, 3.8) is 0 Å². The molecule has 4 rings (SSSR count). The number of nitrogens with one attached hydrogen (secondary N) is 2. The minimum atomic E-state index is -4.59. The standard InChI is InChI=1S/C22H20F3N5O2/c1-29-18-11-12-30(21(32)27-17-10-6-5-9-16(17)22(23,24)25)13-15(18)19(28-29)20(31)26-14-7-3-2-4-8-14/h2-10H,11-13H2,1H3,(H,26,31)(H,27,32). The molecule has 1 aliphatic heterocycles. The third kappa shape index (κ3) is 4.29. The number of hydrogen-bond acceptors (Lipinski definition) is 3. The molecule has 0 atom stereocenters. The summed E-state index contributed by atoms with van der Waals surface area (Å²) < 4.78 is 41.3. The van der Waals surface area contributed by atoms with Crippen LogP contribution in [-0.4, -0.2) is 33.2 Å². The number of urea groups is 1. The Morgan fingerprint density at radius 1 is 1.00 bits per heavy atom. The molecule has 0 unspecified atom stereocenters. The molecule has 0 bridgehead atoms. The molecule has 0 spiro atoms. The van der Waals surface area contributed by atoms with Gasteiger partial charge in [-0.1, -0.05) is 30.3 Å². The van der Waals surface area contributed by atoms with E-state index in [0.29, 0.717) is 17.7 Å². The normalized spacial score (nSPS) is 13.4. The zero-order chi connectivity index (χ0) is 22.9. The number of aromatic nitrogens is 2. The summed E-state index contributed by atoms with van der Waals surface area (Å²) in [5.74, 6) is -0.419. The Morgan fingerprint density at radius 2 is 1.69 bits per heavy atom. The van der Waals surface area contributed by atoms with Crippen molar-refractivity contribution in [1.29, 1.82) is 0 Å². The second-order valence-corrected chi connectivity index (χ2v) is 7.36. The second-order valence-electron chi connectivity index (χ2n) is 7.36. The van der Waals surface area contributed by atoms with Crippen LogP contribution in [0.15, 0.2) is 54.6 Å². The number of halogens is 3. The molecule has 0 fully saturated rings. The zero-order valence-corrected chi connectivity index (χ0v) is 17.1. The van der Waals surface area contributed by atoms with E-state index in [0.717, 1.165) is 11.8 Å². The van der Waals surface area contributed by atoms with Crippen LogP contribution in [0.2, 0.25) is 0 Å². The lowest BCUT2D eigenvalue weighted by atomic mass is 10.0. The van der Waals surface area contributed by atoms with E-state index >= 15 is 0 Å². The van der Waals surface area contributed by atoms with Gasteiger partial charge in [0.1, 0.15) is 0 Å². The van der Waals surface area contributed by atoms with Crippen molar-refractivity contribution in [3.8, 4) is 0 Å².